The zero-order chi connectivity index (χ0) is 19.2. The standard InChI is InChI=1S/C26H21ISi/c27-26(21-22-13-5-1-6-14-22)28(23-15-7-2-8-16-23,24-17-9-3-10-18-24)25-19-11-4-12-20-25/h1-21H/b26-21+. The summed E-state index contributed by atoms with van der Waals surface area (Å²) < 4.78 is 1.40. The topological polar surface area (TPSA) is 0 Å². The molecule has 2 heteroatoms. The molecular weight excluding hydrogens is 467 g/mol. The van der Waals surface area contributed by atoms with Crippen molar-refractivity contribution in [2.45, 2.75) is 0 Å². The third-order valence-corrected chi connectivity index (χ3v) is 12.3. The Morgan fingerprint density at radius 2 is 0.821 bits per heavy atom. The second kappa shape index (κ2) is 8.72. The SMILES string of the molecule is I/C(=C\c1ccccc1)[Si](c1ccccc1)(c1ccccc1)c1ccccc1. The number of hydrogen-bond acceptors (Lipinski definition) is 0. The molecule has 136 valence electrons. The first kappa shape index (κ1) is 18.9. The van der Waals surface area contributed by atoms with Crippen LogP contribution in [-0.4, -0.2) is 8.07 Å². The third kappa shape index (κ3) is 3.62. The number of benzene rings is 4. The molecule has 0 nitrogen and oxygen atoms in total. The van der Waals surface area contributed by atoms with Gasteiger partial charge >= 0.3 is 0 Å². The van der Waals surface area contributed by atoms with Gasteiger partial charge in [-0.1, -0.05) is 144 Å². The van der Waals surface area contributed by atoms with Crippen LogP contribution in [0.1, 0.15) is 5.56 Å². The van der Waals surface area contributed by atoms with E-state index in [0.717, 1.165) is 0 Å². The minimum absolute atomic E-state index is 1.24. The van der Waals surface area contributed by atoms with Gasteiger partial charge in [0, 0.05) is 0 Å². The molecule has 0 saturated carbocycles. The average molecular weight is 488 g/mol. The molecule has 28 heavy (non-hydrogen) atoms. The number of halogens is 1. The van der Waals surface area contributed by atoms with Crippen molar-refractivity contribution in [3.8, 4) is 0 Å². The van der Waals surface area contributed by atoms with Gasteiger partial charge in [-0.3, -0.25) is 0 Å². The molecule has 0 aromatic heterocycles. The van der Waals surface area contributed by atoms with Crippen LogP contribution >= 0.6 is 22.6 Å². The molecule has 0 fully saturated rings. The quantitative estimate of drug-likeness (QED) is 0.207. The van der Waals surface area contributed by atoms with Crippen LogP contribution < -0.4 is 15.6 Å². The monoisotopic (exact) mass is 488 g/mol. The van der Waals surface area contributed by atoms with E-state index in [1.165, 1.54) is 24.3 Å². The molecule has 0 aliphatic heterocycles. The van der Waals surface area contributed by atoms with Crippen LogP contribution in [0.25, 0.3) is 6.08 Å². The van der Waals surface area contributed by atoms with Crippen LogP contribution in [0.15, 0.2) is 125 Å². The van der Waals surface area contributed by atoms with Crippen LogP contribution in [-0.2, 0) is 0 Å². The van der Waals surface area contributed by atoms with Gasteiger partial charge in [0.2, 0.25) is 0 Å². The van der Waals surface area contributed by atoms with E-state index in [2.05, 4.69) is 150 Å². The Morgan fingerprint density at radius 1 is 0.500 bits per heavy atom. The molecule has 0 heterocycles. The molecule has 0 atom stereocenters. The highest BCUT2D eigenvalue weighted by atomic mass is 127. The van der Waals surface area contributed by atoms with Crippen LogP contribution in [0.3, 0.4) is 0 Å². The van der Waals surface area contributed by atoms with Crippen LogP contribution in [0.5, 0.6) is 0 Å². The smallest absolute Gasteiger partial charge is 0.0623 e. The molecule has 0 unspecified atom stereocenters. The highest BCUT2D eigenvalue weighted by Gasteiger charge is 2.42. The van der Waals surface area contributed by atoms with E-state index in [4.69, 9.17) is 0 Å². The Hall–Kier alpha value is -2.43. The predicted octanol–water partition coefficient (Wildman–Crippen LogP) is 5.17. The summed E-state index contributed by atoms with van der Waals surface area (Å²) in [5, 5.41) is 4.22. The van der Waals surface area contributed by atoms with Gasteiger partial charge in [0.25, 0.3) is 0 Å². The van der Waals surface area contributed by atoms with Gasteiger partial charge in [0.15, 0.2) is 8.07 Å². The van der Waals surface area contributed by atoms with Gasteiger partial charge in [-0.15, -0.1) is 0 Å². The maximum Gasteiger partial charge on any atom is 0.186 e. The Balaban J connectivity index is 2.06. The van der Waals surface area contributed by atoms with Gasteiger partial charge < -0.3 is 0 Å². The first-order valence-corrected chi connectivity index (χ1v) is 12.5. The highest BCUT2D eigenvalue weighted by Crippen LogP contribution is 2.25. The molecule has 0 N–H and O–H groups in total. The predicted molar refractivity (Wildman–Crippen MR) is 132 cm³/mol. The Morgan fingerprint density at radius 3 is 1.18 bits per heavy atom. The van der Waals surface area contributed by atoms with Gasteiger partial charge in [-0.05, 0) is 30.4 Å². The Kier molecular flexibility index (Phi) is 5.89. The molecule has 4 rings (SSSR count). The van der Waals surface area contributed by atoms with Crippen molar-refractivity contribution in [3.63, 3.8) is 0 Å². The Bertz CT molecular complexity index is 946. The van der Waals surface area contributed by atoms with Crippen molar-refractivity contribution in [1.29, 1.82) is 0 Å². The fraction of sp³-hybridized carbons (Fsp3) is 0. The second-order valence-electron chi connectivity index (χ2n) is 6.75. The van der Waals surface area contributed by atoms with E-state index in [-0.39, 0.29) is 0 Å². The van der Waals surface area contributed by atoms with Crippen LogP contribution in [0.4, 0.5) is 0 Å². The van der Waals surface area contributed by atoms with E-state index >= 15 is 0 Å². The van der Waals surface area contributed by atoms with Gasteiger partial charge in [0.1, 0.15) is 0 Å². The average Bonchev–Trinajstić information content (AvgIpc) is 2.77. The maximum absolute atomic E-state index is 2.59. The van der Waals surface area contributed by atoms with E-state index in [1.54, 1.807) is 0 Å². The summed E-state index contributed by atoms with van der Waals surface area (Å²) in [7, 11) is -2.36. The minimum Gasteiger partial charge on any atom is -0.0623 e. The molecule has 0 saturated heterocycles. The fourth-order valence-corrected chi connectivity index (χ4v) is 11.2. The van der Waals surface area contributed by atoms with Crippen molar-refractivity contribution in [3.05, 3.63) is 130 Å². The van der Waals surface area contributed by atoms with E-state index in [1.807, 2.05) is 0 Å². The lowest BCUT2D eigenvalue weighted by molar-refractivity contribution is 1.65. The maximum atomic E-state index is 2.59. The Labute approximate surface area is 181 Å². The van der Waals surface area contributed by atoms with Crippen molar-refractivity contribution in [2.24, 2.45) is 0 Å². The first-order chi connectivity index (χ1) is 13.8. The summed E-state index contributed by atoms with van der Waals surface area (Å²) >= 11 is 2.59. The lowest BCUT2D eigenvalue weighted by atomic mass is 10.2. The minimum atomic E-state index is -2.36. The molecule has 0 spiro atoms. The van der Waals surface area contributed by atoms with Crippen molar-refractivity contribution >= 4 is 52.3 Å². The summed E-state index contributed by atoms with van der Waals surface area (Å²) in [5.74, 6) is 0. The van der Waals surface area contributed by atoms with Gasteiger partial charge in [-0.2, -0.15) is 0 Å². The number of rotatable bonds is 5. The van der Waals surface area contributed by atoms with E-state index in [9.17, 15) is 0 Å². The second-order valence-corrected chi connectivity index (χ2v) is 12.7. The highest BCUT2D eigenvalue weighted by molar-refractivity contribution is 14.1. The normalized spacial score (nSPS) is 12.0. The van der Waals surface area contributed by atoms with Crippen molar-refractivity contribution < 1.29 is 0 Å². The number of hydrogen-bond donors (Lipinski definition) is 0. The fourth-order valence-electron chi connectivity index (χ4n) is 3.78. The van der Waals surface area contributed by atoms with Gasteiger partial charge in [0.05, 0.1) is 0 Å². The van der Waals surface area contributed by atoms with E-state index < -0.39 is 8.07 Å². The molecule has 0 bridgehead atoms. The third-order valence-electron chi connectivity index (χ3n) is 5.07. The largest absolute Gasteiger partial charge is 0.186 e. The summed E-state index contributed by atoms with van der Waals surface area (Å²) in [4.78, 5) is 0. The van der Waals surface area contributed by atoms with E-state index in [0.29, 0.717) is 0 Å². The summed E-state index contributed by atoms with van der Waals surface area (Å²) in [6.45, 7) is 0. The zero-order valence-electron chi connectivity index (χ0n) is 15.5. The zero-order valence-corrected chi connectivity index (χ0v) is 18.7. The molecule has 0 radical (unpaired) electrons. The molecule has 0 aliphatic carbocycles. The molecular formula is C26H21ISi. The van der Waals surface area contributed by atoms with Crippen molar-refractivity contribution in [2.75, 3.05) is 0 Å². The first-order valence-electron chi connectivity index (χ1n) is 9.41. The molecule has 4 aromatic rings. The molecule has 4 aromatic carbocycles. The molecule has 0 amide bonds. The van der Waals surface area contributed by atoms with Crippen molar-refractivity contribution in [1.82, 2.24) is 0 Å². The van der Waals surface area contributed by atoms with Crippen LogP contribution in [0, 0.1) is 0 Å². The summed E-state index contributed by atoms with van der Waals surface area (Å²) in [6.07, 6.45) is 2.36. The summed E-state index contributed by atoms with van der Waals surface area (Å²) in [5.41, 5.74) is 1.24. The van der Waals surface area contributed by atoms with Crippen LogP contribution in [0.2, 0.25) is 0 Å². The molecule has 0 aliphatic rings. The lowest BCUT2D eigenvalue weighted by Gasteiger charge is -2.34. The van der Waals surface area contributed by atoms with Gasteiger partial charge in [-0.25, -0.2) is 0 Å². The summed E-state index contributed by atoms with van der Waals surface area (Å²) in [6, 6.07) is 43.7. The lowest BCUT2D eigenvalue weighted by Crippen LogP contribution is -2.67.